The lowest BCUT2D eigenvalue weighted by molar-refractivity contribution is 0.275. The molecule has 3 rings (SSSR count). The highest BCUT2D eigenvalue weighted by Gasteiger charge is 2.08. The van der Waals surface area contributed by atoms with Gasteiger partial charge in [0.1, 0.15) is 0 Å². The molecule has 1 heterocycles. The Bertz CT molecular complexity index is 887. The van der Waals surface area contributed by atoms with Gasteiger partial charge >= 0.3 is 0 Å². The van der Waals surface area contributed by atoms with Crippen molar-refractivity contribution in [3.8, 4) is 11.3 Å². The molecule has 0 aliphatic carbocycles. The van der Waals surface area contributed by atoms with Crippen LogP contribution in [0.3, 0.4) is 0 Å². The fourth-order valence-corrected chi connectivity index (χ4v) is 3.69. The number of aliphatic hydroxyl groups is 1. The average molecular weight is 353 g/mol. The van der Waals surface area contributed by atoms with Crippen molar-refractivity contribution in [1.82, 2.24) is 4.57 Å². The summed E-state index contributed by atoms with van der Waals surface area (Å²) in [4.78, 5) is 5.67. The van der Waals surface area contributed by atoms with Crippen molar-refractivity contribution in [2.24, 2.45) is 4.99 Å². The zero-order chi connectivity index (χ0) is 17.8. The van der Waals surface area contributed by atoms with Gasteiger partial charge in [0.15, 0.2) is 4.80 Å². The van der Waals surface area contributed by atoms with E-state index in [2.05, 4.69) is 67.1 Å². The number of hydrogen-bond acceptors (Lipinski definition) is 3. The van der Waals surface area contributed by atoms with Crippen molar-refractivity contribution >= 4 is 17.0 Å². The quantitative estimate of drug-likeness (QED) is 0.699. The van der Waals surface area contributed by atoms with Crippen LogP contribution >= 0.6 is 11.3 Å². The molecule has 0 unspecified atom stereocenters. The van der Waals surface area contributed by atoms with E-state index in [9.17, 15) is 5.11 Å². The number of rotatable bonds is 5. The number of aryl methyl sites for hydroxylation is 1. The summed E-state index contributed by atoms with van der Waals surface area (Å²) < 4.78 is 2.09. The summed E-state index contributed by atoms with van der Waals surface area (Å²) in [5.41, 5.74) is 5.73. The molecule has 25 heavy (non-hydrogen) atoms. The maximum absolute atomic E-state index is 9.50. The molecule has 0 atom stereocenters. The number of aliphatic hydroxyl groups excluding tert-OH is 1. The minimum Gasteiger partial charge on any atom is -0.395 e. The summed E-state index contributed by atoms with van der Waals surface area (Å²) in [6.45, 7) is 7.10. The lowest BCUT2D eigenvalue weighted by atomic mass is 10.0. The Kier molecular flexibility index (Phi) is 5.51. The Morgan fingerprint density at radius 2 is 1.72 bits per heavy atom. The second-order valence-electron chi connectivity index (χ2n) is 6.50. The molecule has 2 aromatic carbocycles. The Balaban J connectivity index is 2.03. The lowest BCUT2D eigenvalue weighted by Crippen LogP contribution is -2.17. The van der Waals surface area contributed by atoms with Gasteiger partial charge in [0.25, 0.3) is 0 Å². The van der Waals surface area contributed by atoms with Crippen LogP contribution in [0, 0.1) is 6.92 Å². The molecule has 0 fully saturated rings. The lowest BCUT2D eigenvalue weighted by Gasteiger charge is -2.10. The van der Waals surface area contributed by atoms with E-state index in [0.717, 1.165) is 21.7 Å². The molecule has 4 heteroatoms. The maximum Gasteiger partial charge on any atom is 0.190 e. The molecule has 3 aromatic rings. The predicted molar refractivity (Wildman–Crippen MR) is 105 cm³/mol. The summed E-state index contributed by atoms with van der Waals surface area (Å²) in [6.07, 6.45) is 0. The smallest absolute Gasteiger partial charge is 0.190 e. The van der Waals surface area contributed by atoms with E-state index in [1.54, 1.807) is 11.3 Å². The van der Waals surface area contributed by atoms with E-state index >= 15 is 0 Å². The van der Waals surface area contributed by atoms with Gasteiger partial charge in [-0.2, -0.15) is 0 Å². The number of benzene rings is 2. The van der Waals surface area contributed by atoms with Gasteiger partial charge < -0.3 is 9.67 Å². The van der Waals surface area contributed by atoms with E-state index in [0.29, 0.717) is 12.5 Å². The van der Waals surface area contributed by atoms with Crippen LogP contribution < -0.4 is 4.80 Å². The SMILES string of the molecule is Cc1ccc(N=c2scc(-c3ccc(C(C)C)cc3)n2CCO)cc1. The van der Waals surface area contributed by atoms with Gasteiger partial charge in [0.05, 0.1) is 18.0 Å². The second-order valence-corrected chi connectivity index (χ2v) is 7.34. The van der Waals surface area contributed by atoms with Gasteiger partial charge in [-0.15, -0.1) is 11.3 Å². The molecule has 0 saturated carbocycles. The fraction of sp³-hybridized carbons (Fsp3) is 0.286. The average Bonchev–Trinajstić information content (AvgIpc) is 3.00. The van der Waals surface area contributed by atoms with Crippen LogP contribution in [0.1, 0.15) is 30.9 Å². The third kappa shape index (κ3) is 4.09. The normalized spacial score (nSPS) is 12.1. The first-order chi connectivity index (χ1) is 12.1. The standard InChI is InChI=1S/C21H24N2OS/c1-15(2)17-6-8-18(9-7-17)20-14-25-21(23(20)12-13-24)22-19-10-4-16(3)5-11-19/h4-11,14-15,24H,12-13H2,1-3H3. The highest BCUT2D eigenvalue weighted by atomic mass is 32.1. The number of aromatic nitrogens is 1. The monoisotopic (exact) mass is 352 g/mol. The Labute approximate surface area is 152 Å². The molecular formula is C21H24N2OS. The summed E-state index contributed by atoms with van der Waals surface area (Å²) in [6, 6.07) is 16.8. The third-order valence-electron chi connectivity index (χ3n) is 4.25. The van der Waals surface area contributed by atoms with Gasteiger partial charge in [-0.1, -0.05) is 55.8 Å². The first-order valence-corrected chi connectivity index (χ1v) is 9.47. The number of hydrogen-bond donors (Lipinski definition) is 1. The van der Waals surface area contributed by atoms with Crippen LogP contribution in [0.5, 0.6) is 0 Å². The van der Waals surface area contributed by atoms with E-state index in [1.165, 1.54) is 11.1 Å². The first kappa shape index (κ1) is 17.6. The Hall–Kier alpha value is -2.17. The molecule has 0 radical (unpaired) electrons. The molecule has 0 aliphatic rings. The molecular weight excluding hydrogens is 328 g/mol. The van der Waals surface area contributed by atoms with Crippen molar-refractivity contribution in [2.45, 2.75) is 33.2 Å². The highest BCUT2D eigenvalue weighted by Crippen LogP contribution is 2.24. The van der Waals surface area contributed by atoms with Gasteiger partial charge in [-0.25, -0.2) is 4.99 Å². The summed E-state index contributed by atoms with van der Waals surface area (Å²) in [7, 11) is 0. The van der Waals surface area contributed by atoms with Gasteiger partial charge in [0, 0.05) is 11.9 Å². The zero-order valence-electron chi connectivity index (χ0n) is 14.9. The maximum atomic E-state index is 9.50. The van der Waals surface area contributed by atoms with Crippen LogP contribution in [0.4, 0.5) is 5.69 Å². The minimum absolute atomic E-state index is 0.0922. The van der Waals surface area contributed by atoms with Crippen molar-refractivity contribution in [3.63, 3.8) is 0 Å². The molecule has 0 saturated heterocycles. The van der Waals surface area contributed by atoms with Gasteiger partial charge in [-0.3, -0.25) is 0 Å². The van der Waals surface area contributed by atoms with Crippen LogP contribution in [-0.4, -0.2) is 16.3 Å². The molecule has 1 aromatic heterocycles. The summed E-state index contributed by atoms with van der Waals surface area (Å²) in [5.74, 6) is 0.521. The van der Waals surface area contributed by atoms with E-state index in [-0.39, 0.29) is 6.61 Å². The van der Waals surface area contributed by atoms with Gasteiger partial charge in [-0.05, 0) is 36.1 Å². The topological polar surface area (TPSA) is 37.5 Å². The molecule has 1 N–H and O–H groups in total. The van der Waals surface area contributed by atoms with E-state index < -0.39 is 0 Å². The number of thiazole rings is 1. The highest BCUT2D eigenvalue weighted by molar-refractivity contribution is 7.07. The molecule has 0 aliphatic heterocycles. The molecule has 0 amide bonds. The number of nitrogens with zero attached hydrogens (tertiary/aromatic N) is 2. The minimum atomic E-state index is 0.0922. The summed E-state index contributed by atoms with van der Waals surface area (Å²) >= 11 is 1.61. The second kappa shape index (κ2) is 7.81. The first-order valence-electron chi connectivity index (χ1n) is 8.59. The van der Waals surface area contributed by atoms with Gasteiger partial charge in [0.2, 0.25) is 0 Å². The van der Waals surface area contributed by atoms with Crippen LogP contribution in [-0.2, 0) is 6.54 Å². The Morgan fingerprint density at radius 3 is 2.32 bits per heavy atom. The van der Waals surface area contributed by atoms with Crippen molar-refractivity contribution in [3.05, 3.63) is 69.8 Å². The van der Waals surface area contributed by atoms with Crippen LogP contribution in [0.2, 0.25) is 0 Å². The van der Waals surface area contributed by atoms with E-state index in [4.69, 9.17) is 4.99 Å². The van der Waals surface area contributed by atoms with E-state index in [1.807, 2.05) is 12.1 Å². The molecule has 3 nitrogen and oxygen atoms in total. The fourth-order valence-electron chi connectivity index (χ4n) is 2.73. The van der Waals surface area contributed by atoms with Crippen LogP contribution in [0.15, 0.2) is 58.9 Å². The van der Waals surface area contributed by atoms with Crippen LogP contribution in [0.25, 0.3) is 11.3 Å². The zero-order valence-corrected chi connectivity index (χ0v) is 15.8. The molecule has 0 spiro atoms. The van der Waals surface area contributed by atoms with Crippen molar-refractivity contribution in [1.29, 1.82) is 0 Å². The molecule has 0 bridgehead atoms. The molecule has 130 valence electrons. The Morgan fingerprint density at radius 1 is 1.04 bits per heavy atom. The third-order valence-corrected chi connectivity index (χ3v) is 5.12. The van der Waals surface area contributed by atoms with Crippen molar-refractivity contribution in [2.75, 3.05) is 6.61 Å². The summed E-state index contributed by atoms with van der Waals surface area (Å²) in [5, 5.41) is 11.6. The predicted octanol–water partition coefficient (Wildman–Crippen LogP) is 4.87. The van der Waals surface area contributed by atoms with Crippen molar-refractivity contribution < 1.29 is 5.11 Å². The largest absolute Gasteiger partial charge is 0.395 e.